The van der Waals surface area contributed by atoms with Crippen LogP contribution in [0.15, 0.2) is 48.5 Å². The first-order valence-electron chi connectivity index (χ1n) is 7.74. The summed E-state index contributed by atoms with van der Waals surface area (Å²) < 4.78 is 5.74. The van der Waals surface area contributed by atoms with Gasteiger partial charge in [-0.3, -0.25) is 0 Å². The molecule has 1 aromatic heterocycles. The summed E-state index contributed by atoms with van der Waals surface area (Å²) in [6, 6.07) is 15.3. The fourth-order valence-corrected chi connectivity index (χ4v) is 2.92. The Morgan fingerprint density at radius 2 is 2.04 bits per heavy atom. The van der Waals surface area contributed by atoms with E-state index in [4.69, 9.17) is 4.74 Å². The van der Waals surface area contributed by atoms with Crippen LogP contribution in [0, 0.1) is 0 Å². The number of nitrogens with zero attached hydrogens (tertiary/aromatic N) is 2. The van der Waals surface area contributed by atoms with E-state index in [1.807, 2.05) is 47.4 Å². The predicted octanol–water partition coefficient (Wildman–Crippen LogP) is 3.10. The first kappa shape index (κ1) is 15.3. The molecule has 0 amide bonds. The van der Waals surface area contributed by atoms with E-state index in [0.717, 1.165) is 12.0 Å². The van der Waals surface area contributed by atoms with E-state index in [1.165, 1.54) is 0 Å². The molecule has 3 rings (SSSR count). The second kappa shape index (κ2) is 6.28. The highest BCUT2D eigenvalue weighted by molar-refractivity contribution is 5.83. The lowest BCUT2D eigenvalue weighted by atomic mass is 9.99. The average molecular weight is 312 g/mol. The molecule has 1 saturated heterocycles. The number of carboxylic acids is 1. The molecule has 1 N–H and O–H groups in total. The van der Waals surface area contributed by atoms with Crippen molar-refractivity contribution in [2.45, 2.75) is 31.9 Å². The van der Waals surface area contributed by atoms with Crippen LogP contribution in [0.2, 0.25) is 0 Å². The van der Waals surface area contributed by atoms with Gasteiger partial charge in [-0.15, -0.1) is 0 Å². The number of hydrogen-bond acceptors (Lipinski definition) is 4. The van der Waals surface area contributed by atoms with E-state index in [1.54, 1.807) is 13.0 Å². The van der Waals surface area contributed by atoms with Gasteiger partial charge in [0.15, 0.2) is 0 Å². The molecule has 5 heteroatoms. The third-order valence-corrected chi connectivity index (χ3v) is 4.32. The Morgan fingerprint density at radius 1 is 1.26 bits per heavy atom. The van der Waals surface area contributed by atoms with Gasteiger partial charge in [0, 0.05) is 12.6 Å². The van der Waals surface area contributed by atoms with Crippen LogP contribution in [0.5, 0.6) is 5.88 Å². The van der Waals surface area contributed by atoms with Gasteiger partial charge in [-0.1, -0.05) is 36.4 Å². The van der Waals surface area contributed by atoms with Crippen LogP contribution < -0.4 is 9.64 Å². The molecule has 1 aromatic carbocycles. The largest absolute Gasteiger partial charge is 0.480 e. The molecule has 2 aromatic rings. The number of rotatable bonds is 5. The molecule has 5 nitrogen and oxygen atoms in total. The van der Waals surface area contributed by atoms with Gasteiger partial charge in [-0.25, -0.2) is 4.79 Å². The second-order valence-corrected chi connectivity index (χ2v) is 5.94. The van der Waals surface area contributed by atoms with Gasteiger partial charge in [0.05, 0.1) is 0 Å². The van der Waals surface area contributed by atoms with Crippen LogP contribution in [-0.2, 0) is 11.4 Å². The molecule has 0 bridgehead atoms. The molecular formula is C18H20N2O3. The number of carbonyl (C=O) groups is 1. The van der Waals surface area contributed by atoms with Crippen molar-refractivity contribution in [1.82, 2.24) is 4.98 Å². The van der Waals surface area contributed by atoms with E-state index in [0.29, 0.717) is 31.3 Å². The average Bonchev–Trinajstić information content (AvgIpc) is 2.97. The molecule has 0 spiro atoms. The third kappa shape index (κ3) is 3.13. The van der Waals surface area contributed by atoms with Crippen molar-refractivity contribution in [3.05, 3.63) is 54.1 Å². The van der Waals surface area contributed by atoms with Crippen LogP contribution in [0.3, 0.4) is 0 Å². The molecule has 0 radical (unpaired) electrons. The molecule has 23 heavy (non-hydrogen) atoms. The molecule has 1 atom stereocenters. The molecule has 1 aliphatic rings. The minimum Gasteiger partial charge on any atom is -0.480 e. The Hall–Kier alpha value is -2.56. The summed E-state index contributed by atoms with van der Waals surface area (Å²) in [6.07, 6.45) is 1.47. The number of anilines is 1. The Kier molecular flexibility index (Phi) is 4.19. The minimum absolute atomic E-state index is 0.438. The summed E-state index contributed by atoms with van der Waals surface area (Å²) in [4.78, 5) is 17.9. The summed E-state index contributed by atoms with van der Waals surface area (Å²) in [5.74, 6) is 0.344. The fraction of sp³-hybridized carbons (Fsp3) is 0.333. The third-order valence-electron chi connectivity index (χ3n) is 4.32. The van der Waals surface area contributed by atoms with Crippen LogP contribution >= 0.6 is 0 Å². The van der Waals surface area contributed by atoms with Crippen molar-refractivity contribution in [2.75, 3.05) is 11.4 Å². The number of carboxylic acid groups (broad SMARTS) is 1. The number of hydrogen-bond donors (Lipinski definition) is 1. The summed E-state index contributed by atoms with van der Waals surface area (Å²) >= 11 is 0. The van der Waals surface area contributed by atoms with Crippen molar-refractivity contribution < 1.29 is 14.6 Å². The highest BCUT2D eigenvalue weighted by Crippen LogP contribution is 2.33. The Balaban J connectivity index is 1.76. The number of aromatic nitrogens is 1. The molecule has 120 valence electrons. The van der Waals surface area contributed by atoms with E-state index in [9.17, 15) is 9.90 Å². The van der Waals surface area contributed by atoms with Gasteiger partial charge >= 0.3 is 5.97 Å². The summed E-state index contributed by atoms with van der Waals surface area (Å²) in [5.41, 5.74) is 0.168. The molecular weight excluding hydrogens is 292 g/mol. The normalized spacial score (nSPS) is 20.5. The van der Waals surface area contributed by atoms with Gasteiger partial charge < -0.3 is 14.7 Å². The maximum atomic E-state index is 11.6. The standard InChI is InChI=1S/C18H20N2O3/c1-18(17(21)22)11-6-12-20(18)15-9-5-10-16(19-15)23-13-14-7-3-2-4-8-14/h2-5,7-10H,6,11-13H2,1H3,(H,21,22)/t18-/m1/s1. The maximum absolute atomic E-state index is 11.6. The van der Waals surface area contributed by atoms with Crippen molar-refractivity contribution in [3.8, 4) is 5.88 Å². The fourth-order valence-electron chi connectivity index (χ4n) is 2.92. The number of ether oxygens (including phenoxy) is 1. The van der Waals surface area contributed by atoms with Crippen LogP contribution in [0.1, 0.15) is 25.3 Å². The lowest BCUT2D eigenvalue weighted by Gasteiger charge is -2.32. The van der Waals surface area contributed by atoms with E-state index < -0.39 is 11.5 Å². The highest BCUT2D eigenvalue weighted by Gasteiger charge is 2.44. The minimum atomic E-state index is -0.898. The van der Waals surface area contributed by atoms with Crippen molar-refractivity contribution in [3.63, 3.8) is 0 Å². The topological polar surface area (TPSA) is 62.7 Å². The summed E-state index contributed by atoms with van der Waals surface area (Å²) in [5, 5.41) is 9.52. The zero-order valence-electron chi connectivity index (χ0n) is 13.1. The van der Waals surface area contributed by atoms with Gasteiger partial charge in [0.25, 0.3) is 0 Å². The molecule has 1 fully saturated rings. The van der Waals surface area contributed by atoms with Crippen molar-refractivity contribution >= 4 is 11.8 Å². The lowest BCUT2D eigenvalue weighted by molar-refractivity contribution is -0.142. The monoisotopic (exact) mass is 312 g/mol. The Labute approximate surface area is 135 Å². The lowest BCUT2D eigenvalue weighted by Crippen LogP contribution is -2.48. The van der Waals surface area contributed by atoms with Gasteiger partial charge in [0.1, 0.15) is 18.0 Å². The summed E-state index contributed by atoms with van der Waals surface area (Å²) in [7, 11) is 0. The highest BCUT2D eigenvalue weighted by atomic mass is 16.5. The van der Waals surface area contributed by atoms with Crippen molar-refractivity contribution in [1.29, 1.82) is 0 Å². The zero-order chi connectivity index (χ0) is 16.3. The Bertz CT molecular complexity index is 690. The van der Waals surface area contributed by atoms with Gasteiger partial charge in [0.2, 0.25) is 5.88 Å². The molecule has 2 heterocycles. The first-order chi connectivity index (χ1) is 11.1. The van der Waals surface area contributed by atoms with E-state index >= 15 is 0 Å². The number of benzene rings is 1. The SMILES string of the molecule is C[C@]1(C(=O)O)CCCN1c1cccc(OCc2ccccc2)n1. The van der Waals surface area contributed by atoms with Gasteiger partial charge in [-0.05, 0) is 31.4 Å². The molecule has 0 aliphatic carbocycles. The maximum Gasteiger partial charge on any atom is 0.329 e. The Morgan fingerprint density at radius 3 is 2.78 bits per heavy atom. The second-order valence-electron chi connectivity index (χ2n) is 5.94. The zero-order valence-corrected chi connectivity index (χ0v) is 13.1. The predicted molar refractivity (Wildman–Crippen MR) is 87.6 cm³/mol. The molecule has 1 aliphatic heterocycles. The number of aliphatic carboxylic acids is 1. The van der Waals surface area contributed by atoms with E-state index in [2.05, 4.69) is 4.98 Å². The van der Waals surface area contributed by atoms with Gasteiger partial charge in [-0.2, -0.15) is 4.98 Å². The first-order valence-corrected chi connectivity index (χ1v) is 7.74. The number of pyridine rings is 1. The molecule has 0 saturated carbocycles. The van der Waals surface area contributed by atoms with Crippen molar-refractivity contribution in [2.24, 2.45) is 0 Å². The quantitative estimate of drug-likeness (QED) is 0.919. The van der Waals surface area contributed by atoms with Crippen LogP contribution in [0.25, 0.3) is 0 Å². The molecule has 0 unspecified atom stereocenters. The summed E-state index contributed by atoms with van der Waals surface area (Å²) in [6.45, 7) is 2.88. The van der Waals surface area contributed by atoms with Crippen LogP contribution in [-0.4, -0.2) is 28.1 Å². The smallest absolute Gasteiger partial charge is 0.329 e. The van der Waals surface area contributed by atoms with Crippen LogP contribution in [0.4, 0.5) is 5.82 Å². The van der Waals surface area contributed by atoms with E-state index in [-0.39, 0.29) is 0 Å².